The van der Waals surface area contributed by atoms with Gasteiger partial charge in [0, 0.05) is 24.4 Å². The Balaban J connectivity index is 1.29. The molecular weight excluding hydrogens is 506 g/mol. The molecule has 3 aliphatic rings. The molecule has 38 heavy (non-hydrogen) atoms. The summed E-state index contributed by atoms with van der Waals surface area (Å²) >= 11 is 0. The van der Waals surface area contributed by atoms with E-state index in [1.165, 1.54) is 15.9 Å². The molecule has 1 amide bonds. The molecule has 0 bridgehead atoms. The van der Waals surface area contributed by atoms with Gasteiger partial charge in [-0.3, -0.25) is 9.79 Å². The molecule has 11 heteroatoms. The number of amidine groups is 1. The Morgan fingerprint density at radius 3 is 2.29 bits per heavy atom. The maximum Gasteiger partial charge on any atom is 0.333 e. The minimum absolute atomic E-state index is 0.0994. The van der Waals surface area contributed by atoms with Gasteiger partial charge >= 0.3 is 5.69 Å². The third-order valence-corrected chi connectivity index (χ3v) is 9.88. The average Bonchev–Trinajstić information content (AvgIpc) is 3.37. The topological polar surface area (TPSA) is 137 Å². The molecule has 0 atom stereocenters. The van der Waals surface area contributed by atoms with Crippen molar-refractivity contribution in [3.63, 3.8) is 0 Å². The van der Waals surface area contributed by atoms with Crippen molar-refractivity contribution in [3.05, 3.63) is 50.9 Å². The highest BCUT2D eigenvalue weighted by atomic mass is 32.2. The van der Waals surface area contributed by atoms with Crippen LogP contribution in [0.25, 0.3) is 11.8 Å². The number of aromatic nitrogens is 2. The van der Waals surface area contributed by atoms with Gasteiger partial charge in [0.25, 0.3) is 5.91 Å². The number of sulfonamides is 1. The van der Waals surface area contributed by atoms with E-state index >= 15 is 0 Å². The van der Waals surface area contributed by atoms with Crippen LogP contribution in [0.1, 0.15) is 62.1 Å². The fourth-order valence-corrected chi connectivity index (χ4v) is 7.08. The first-order chi connectivity index (χ1) is 18.0. The van der Waals surface area contributed by atoms with E-state index in [1.54, 1.807) is 18.2 Å². The number of amides is 1. The number of carbonyl (C=O) groups excluding carboxylic acids is 1. The van der Waals surface area contributed by atoms with E-state index in [4.69, 9.17) is 4.99 Å². The van der Waals surface area contributed by atoms with Crippen LogP contribution in [0.15, 0.2) is 33.5 Å². The summed E-state index contributed by atoms with van der Waals surface area (Å²) in [6.07, 6.45) is 7.85. The molecule has 2 aromatic rings. The van der Waals surface area contributed by atoms with Crippen LogP contribution in [0.4, 0.5) is 0 Å². The Morgan fingerprint density at radius 1 is 1.08 bits per heavy atom. The van der Waals surface area contributed by atoms with Crippen LogP contribution in [-0.4, -0.2) is 57.8 Å². The second-order valence-electron chi connectivity index (χ2n) is 11.0. The number of piperidine rings is 1. The van der Waals surface area contributed by atoms with Crippen LogP contribution in [0, 0.1) is 25.7 Å². The number of aromatic amines is 1. The smallest absolute Gasteiger partial charge is 0.333 e. The molecule has 2 aliphatic heterocycles. The average molecular weight is 542 g/mol. The minimum Gasteiger partial charge on any atom is -0.493 e. The van der Waals surface area contributed by atoms with Gasteiger partial charge in [0.15, 0.2) is 0 Å². The summed E-state index contributed by atoms with van der Waals surface area (Å²) in [5.41, 5.74) is 1.41. The zero-order valence-corrected chi connectivity index (χ0v) is 22.8. The molecular formula is C27H35N5O5S. The number of aryl methyl sites for hydroxylation is 2. The highest BCUT2D eigenvalue weighted by molar-refractivity contribution is 7.92. The van der Waals surface area contributed by atoms with Gasteiger partial charge in [-0.05, 0) is 80.3 Å². The number of hydrogen-bond donors (Lipinski definition) is 3. The predicted octanol–water partition coefficient (Wildman–Crippen LogP) is 2.98. The molecule has 1 saturated carbocycles. The number of nitrogens with zero attached hydrogens (tertiary/aromatic N) is 3. The minimum atomic E-state index is -3.71. The van der Waals surface area contributed by atoms with Crippen LogP contribution in [0.3, 0.4) is 0 Å². The van der Waals surface area contributed by atoms with Gasteiger partial charge in [-0.2, -0.15) is 4.31 Å². The second kappa shape index (κ2) is 9.85. The molecule has 1 aromatic heterocycles. The molecule has 2 fully saturated rings. The number of hydrogen-bond acceptors (Lipinski definition) is 6. The zero-order valence-electron chi connectivity index (χ0n) is 22.0. The van der Waals surface area contributed by atoms with Crippen molar-refractivity contribution in [2.45, 2.75) is 64.8 Å². The molecule has 1 aromatic carbocycles. The lowest BCUT2D eigenvalue weighted by Crippen LogP contribution is -2.50. The van der Waals surface area contributed by atoms with E-state index in [0.717, 1.165) is 52.8 Å². The number of benzene rings is 1. The Hall–Kier alpha value is -3.18. The van der Waals surface area contributed by atoms with Crippen molar-refractivity contribution in [2.24, 2.45) is 16.8 Å². The maximum absolute atomic E-state index is 13.2. The molecule has 10 nitrogen and oxygen atoms in total. The van der Waals surface area contributed by atoms with E-state index in [9.17, 15) is 23.1 Å². The number of imidazole rings is 1. The normalized spacial score (nSPS) is 24.2. The van der Waals surface area contributed by atoms with Crippen LogP contribution in [0.5, 0.6) is 5.88 Å². The first-order valence-corrected chi connectivity index (χ1v) is 14.7. The molecule has 0 unspecified atom stereocenters. The van der Waals surface area contributed by atoms with Crippen LogP contribution in [-0.2, 0) is 14.8 Å². The third kappa shape index (κ3) is 4.84. The molecule has 3 N–H and O–H groups in total. The second-order valence-corrected chi connectivity index (χ2v) is 12.8. The van der Waals surface area contributed by atoms with Crippen molar-refractivity contribution >= 4 is 27.8 Å². The maximum atomic E-state index is 13.2. The Bertz CT molecular complexity index is 1450. The quantitative estimate of drug-likeness (QED) is 0.535. The number of nitrogens with one attached hydrogen (secondary N) is 2. The summed E-state index contributed by atoms with van der Waals surface area (Å²) < 4.78 is 28.9. The van der Waals surface area contributed by atoms with E-state index in [1.807, 2.05) is 13.8 Å². The Morgan fingerprint density at radius 2 is 1.71 bits per heavy atom. The molecule has 1 saturated heterocycles. The van der Waals surface area contributed by atoms with Gasteiger partial charge in [-0.1, -0.05) is 19.8 Å². The predicted molar refractivity (Wildman–Crippen MR) is 146 cm³/mol. The van der Waals surface area contributed by atoms with Gasteiger partial charge < -0.3 is 15.4 Å². The van der Waals surface area contributed by atoms with Crippen LogP contribution in [0.2, 0.25) is 0 Å². The number of aromatic hydroxyl groups is 1. The number of aliphatic imine (C=N–C) groups is 1. The van der Waals surface area contributed by atoms with Gasteiger partial charge in [-0.25, -0.2) is 17.8 Å². The summed E-state index contributed by atoms with van der Waals surface area (Å²) in [4.78, 5) is 32.2. The van der Waals surface area contributed by atoms with Crippen molar-refractivity contribution in [1.82, 2.24) is 19.2 Å². The molecule has 1 aliphatic carbocycles. The van der Waals surface area contributed by atoms with Crippen LogP contribution >= 0.6 is 0 Å². The lowest BCUT2D eigenvalue weighted by molar-refractivity contribution is -0.125. The van der Waals surface area contributed by atoms with Crippen molar-refractivity contribution in [3.8, 4) is 11.6 Å². The van der Waals surface area contributed by atoms with E-state index < -0.39 is 21.3 Å². The fraction of sp³-hybridized carbons (Fsp3) is 0.519. The SMILES string of the molecule is Cc1cc(-n2c(O)c[nH]c2=O)cc(C)c1C=CS(=O)(=O)N1CCC2(CC1)N=C(C1CCC(C)CC1)NC2=O. The first kappa shape index (κ1) is 26.4. The largest absolute Gasteiger partial charge is 0.493 e. The summed E-state index contributed by atoms with van der Waals surface area (Å²) in [5.74, 6) is 1.49. The number of rotatable bonds is 5. The lowest BCUT2D eigenvalue weighted by atomic mass is 9.82. The first-order valence-electron chi connectivity index (χ1n) is 13.2. The lowest BCUT2D eigenvalue weighted by Gasteiger charge is -2.34. The van der Waals surface area contributed by atoms with Crippen LogP contribution < -0.4 is 11.0 Å². The van der Waals surface area contributed by atoms with E-state index in [0.29, 0.717) is 24.4 Å². The van der Waals surface area contributed by atoms with E-state index in [-0.39, 0.29) is 30.8 Å². The summed E-state index contributed by atoms with van der Waals surface area (Å²) in [7, 11) is -3.71. The number of H-pyrrole nitrogens is 1. The molecule has 5 rings (SSSR count). The van der Waals surface area contributed by atoms with E-state index in [2.05, 4.69) is 17.2 Å². The summed E-state index contributed by atoms with van der Waals surface area (Å²) in [5, 5.41) is 14.2. The molecule has 204 valence electrons. The summed E-state index contributed by atoms with van der Waals surface area (Å²) in [6.45, 7) is 6.36. The summed E-state index contributed by atoms with van der Waals surface area (Å²) in [6, 6.07) is 3.44. The molecule has 0 radical (unpaired) electrons. The molecule has 1 spiro atoms. The van der Waals surface area contributed by atoms with Crippen molar-refractivity contribution < 1.29 is 18.3 Å². The van der Waals surface area contributed by atoms with Crippen molar-refractivity contribution in [1.29, 1.82) is 0 Å². The van der Waals surface area contributed by atoms with Gasteiger partial charge in [0.2, 0.25) is 15.9 Å². The fourth-order valence-electron chi connectivity index (χ4n) is 5.91. The molecule has 3 heterocycles. The highest BCUT2D eigenvalue weighted by Crippen LogP contribution is 2.36. The van der Waals surface area contributed by atoms with Gasteiger partial charge in [0.05, 0.1) is 11.9 Å². The third-order valence-electron chi connectivity index (χ3n) is 8.31. The standard InChI is InChI=1S/C27H35N5O5S/c1-17-4-6-20(7-5-17)24-29-25(34)27(30-24)9-11-31(12-10-27)38(36,37)13-8-22-18(2)14-21(15-19(22)3)32-23(33)16-28-26(32)35/h8,13-17,20,33H,4-7,9-12H2,1-3H3,(H,28,35)(H,29,30,34). The Kier molecular flexibility index (Phi) is 6.85. The van der Waals surface area contributed by atoms with Gasteiger partial charge in [-0.15, -0.1) is 0 Å². The van der Waals surface area contributed by atoms with Crippen molar-refractivity contribution in [2.75, 3.05) is 13.1 Å². The zero-order chi connectivity index (χ0) is 27.2. The Labute approximate surface area is 222 Å². The monoisotopic (exact) mass is 541 g/mol. The highest BCUT2D eigenvalue weighted by Gasteiger charge is 2.48. The number of carbonyl (C=O) groups is 1. The van der Waals surface area contributed by atoms with Gasteiger partial charge in [0.1, 0.15) is 11.4 Å².